The van der Waals surface area contributed by atoms with Crippen molar-refractivity contribution in [2.45, 2.75) is 6.10 Å². The molecule has 0 saturated heterocycles. The molecule has 31 heavy (non-hydrogen) atoms. The van der Waals surface area contributed by atoms with E-state index in [1.54, 1.807) is 12.1 Å². The number of phenolic OH excluding ortho intramolecular Hbond substituents is 1. The van der Waals surface area contributed by atoms with Crippen molar-refractivity contribution in [1.82, 2.24) is 10.3 Å². The number of rotatable bonds is 10. The van der Waals surface area contributed by atoms with Gasteiger partial charge in [-0.2, -0.15) is 0 Å². The predicted molar refractivity (Wildman–Crippen MR) is 120 cm³/mol. The molecular formula is C24H26N2O5. The molecule has 0 fully saturated rings. The molecule has 0 aliphatic carbocycles. The maximum Gasteiger partial charge on any atom is 0.203 e. The van der Waals surface area contributed by atoms with Crippen LogP contribution < -0.4 is 19.5 Å². The van der Waals surface area contributed by atoms with Crippen LogP contribution in [-0.2, 0) is 0 Å². The topological polar surface area (TPSA) is 96.0 Å². The van der Waals surface area contributed by atoms with Gasteiger partial charge in [0.15, 0.2) is 11.5 Å². The van der Waals surface area contributed by atoms with Gasteiger partial charge in [0.25, 0.3) is 0 Å². The number of ether oxygens (including phenoxy) is 3. The number of aliphatic hydroxyl groups is 1. The molecule has 0 saturated carbocycles. The van der Waals surface area contributed by atoms with Crippen molar-refractivity contribution in [3.05, 3.63) is 60.7 Å². The van der Waals surface area contributed by atoms with E-state index in [4.69, 9.17) is 14.2 Å². The van der Waals surface area contributed by atoms with Gasteiger partial charge in [-0.05, 0) is 30.3 Å². The largest absolute Gasteiger partial charge is 0.504 e. The Morgan fingerprint density at radius 2 is 1.71 bits per heavy atom. The summed E-state index contributed by atoms with van der Waals surface area (Å²) in [5.41, 5.74) is 2.06. The lowest BCUT2D eigenvalue weighted by atomic mass is 10.1. The predicted octanol–water partition coefficient (Wildman–Crippen LogP) is 3.44. The van der Waals surface area contributed by atoms with Gasteiger partial charge in [-0.3, -0.25) is 0 Å². The second kappa shape index (κ2) is 9.59. The molecule has 0 spiro atoms. The number of H-pyrrole nitrogens is 1. The van der Waals surface area contributed by atoms with Crippen molar-refractivity contribution >= 4 is 21.8 Å². The number of aromatic nitrogens is 1. The molecule has 0 amide bonds. The monoisotopic (exact) mass is 422 g/mol. The number of phenols is 1. The minimum Gasteiger partial charge on any atom is -0.504 e. The van der Waals surface area contributed by atoms with Gasteiger partial charge in [-0.15, -0.1) is 0 Å². The Labute approximate surface area is 180 Å². The molecule has 4 rings (SSSR count). The van der Waals surface area contributed by atoms with Crippen LogP contribution in [0.5, 0.6) is 23.0 Å². The van der Waals surface area contributed by atoms with Crippen molar-refractivity contribution in [1.29, 1.82) is 0 Å². The molecule has 1 aromatic heterocycles. The Hall–Kier alpha value is -3.42. The lowest BCUT2D eigenvalue weighted by Gasteiger charge is -2.15. The molecule has 0 radical (unpaired) electrons. The van der Waals surface area contributed by atoms with Crippen LogP contribution in [0.15, 0.2) is 60.7 Å². The fraction of sp³-hybridized carbons (Fsp3) is 0.250. The first-order valence-corrected chi connectivity index (χ1v) is 10.2. The summed E-state index contributed by atoms with van der Waals surface area (Å²) in [7, 11) is 1.48. The van der Waals surface area contributed by atoms with Gasteiger partial charge < -0.3 is 34.7 Å². The SMILES string of the molecule is COc1c(O)cccc1OCCNC[C@@H](O)COc1cccc2[nH]c3ccccc3c12. The molecule has 0 aliphatic rings. The maximum atomic E-state index is 10.3. The van der Waals surface area contributed by atoms with Crippen molar-refractivity contribution < 1.29 is 24.4 Å². The quantitative estimate of drug-likeness (QED) is 0.293. The van der Waals surface area contributed by atoms with Crippen molar-refractivity contribution in [3.8, 4) is 23.0 Å². The van der Waals surface area contributed by atoms with Gasteiger partial charge in [-0.25, -0.2) is 0 Å². The fourth-order valence-corrected chi connectivity index (χ4v) is 3.56. The number of hydrogen-bond donors (Lipinski definition) is 4. The number of benzene rings is 3. The highest BCUT2D eigenvalue weighted by atomic mass is 16.5. The zero-order valence-electron chi connectivity index (χ0n) is 17.3. The minimum absolute atomic E-state index is 0.0331. The normalized spacial score (nSPS) is 12.2. The summed E-state index contributed by atoms with van der Waals surface area (Å²) in [5.74, 6) is 1.56. The summed E-state index contributed by atoms with van der Waals surface area (Å²) < 4.78 is 16.7. The third kappa shape index (κ3) is 4.68. The van der Waals surface area contributed by atoms with Crippen LogP contribution in [0.25, 0.3) is 21.8 Å². The summed E-state index contributed by atoms with van der Waals surface area (Å²) >= 11 is 0. The number of aromatic amines is 1. The average molecular weight is 422 g/mol. The number of aromatic hydroxyl groups is 1. The van der Waals surface area contributed by atoms with Gasteiger partial charge in [0.2, 0.25) is 5.75 Å². The highest BCUT2D eigenvalue weighted by Gasteiger charge is 2.12. The lowest BCUT2D eigenvalue weighted by molar-refractivity contribution is 0.106. The van der Waals surface area contributed by atoms with Crippen LogP contribution in [0.4, 0.5) is 0 Å². The van der Waals surface area contributed by atoms with Gasteiger partial charge in [0, 0.05) is 29.4 Å². The van der Waals surface area contributed by atoms with Gasteiger partial charge in [-0.1, -0.05) is 30.3 Å². The first-order chi connectivity index (χ1) is 15.2. The van der Waals surface area contributed by atoms with Crippen molar-refractivity contribution in [2.75, 3.05) is 33.4 Å². The zero-order chi connectivity index (χ0) is 21.6. The van der Waals surface area contributed by atoms with Crippen LogP contribution in [0.1, 0.15) is 0 Å². The molecule has 0 unspecified atom stereocenters. The number of para-hydroxylation sites is 2. The molecule has 162 valence electrons. The molecule has 7 heteroatoms. The van der Waals surface area contributed by atoms with E-state index in [9.17, 15) is 10.2 Å². The Morgan fingerprint density at radius 3 is 2.58 bits per heavy atom. The summed E-state index contributed by atoms with van der Waals surface area (Å²) in [4.78, 5) is 3.39. The van der Waals surface area contributed by atoms with Gasteiger partial charge in [0.05, 0.1) is 12.6 Å². The highest BCUT2D eigenvalue weighted by molar-refractivity contribution is 6.10. The Balaban J connectivity index is 1.26. The number of aliphatic hydroxyl groups excluding tert-OH is 1. The highest BCUT2D eigenvalue weighted by Crippen LogP contribution is 2.35. The van der Waals surface area contributed by atoms with E-state index in [1.807, 2.05) is 36.4 Å². The lowest BCUT2D eigenvalue weighted by Crippen LogP contribution is -2.33. The van der Waals surface area contributed by atoms with Gasteiger partial charge >= 0.3 is 0 Å². The minimum atomic E-state index is -0.671. The van der Waals surface area contributed by atoms with E-state index < -0.39 is 6.10 Å². The molecule has 4 aromatic rings. The number of nitrogens with one attached hydrogen (secondary N) is 2. The van der Waals surface area contributed by atoms with Gasteiger partial charge in [0.1, 0.15) is 25.1 Å². The second-order valence-corrected chi connectivity index (χ2v) is 7.18. The molecule has 1 atom stereocenters. The van der Waals surface area contributed by atoms with E-state index >= 15 is 0 Å². The third-order valence-corrected chi connectivity index (χ3v) is 5.00. The number of fused-ring (bicyclic) bond motifs is 3. The first kappa shape index (κ1) is 20.8. The molecule has 4 N–H and O–H groups in total. The molecule has 0 aliphatic heterocycles. The van der Waals surface area contributed by atoms with Crippen LogP contribution in [-0.4, -0.2) is 54.7 Å². The van der Waals surface area contributed by atoms with Crippen molar-refractivity contribution in [2.24, 2.45) is 0 Å². The average Bonchev–Trinajstić information content (AvgIpc) is 3.17. The number of hydrogen-bond acceptors (Lipinski definition) is 6. The van der Waals surface area contributed by atoms with E-state index in [0.717, 1.165) is 27.6 Å². The zero-order valence-corrected chi connectivity index (χ0v) is 17.3. The van der Waals surface area contributed by atoms with Crippen molar-refractivity contribution in [3.63, 3.8) is 0 Å². The Kier molecular flexibility index (Phi) is 6.45. The summed E-state index contributed by atoms with van der Waals surface area (Å²) in [6, 6.07) is 18.9. The van der Waals surface area contributed by atoms with Crippen LogP contribution >= 0.6 is 0 Å². The molecule has 0 bridgehead atoms. The fourth-order valence-electron chi connectivity index (χ4n) is 3.56. The standard InChI is InChI=1S/C24H26N2O5/c1-29-24-20(28)9-5-11-22(24)30-13-12-25-14-16(27)15-31-21-10-4-8-19-23(21)17-6-2-3-7-18(17)26-19/h2-11,16,25-28H,12-15H2,1H3/t16-/m1/s1. The van der Waals surface area contributed by atoms with Crippen LogP contribution in [0, 0.1) is 0 Å². The van der Waals surface area contributed by atoms with Crippen LogP contribution in [0.3, 0.4) is 0 Å². The molecule has 3 aromatic carbocycles. The molecular weight excluding hydrogens is 396 g/mol. The Morgan fingerprint density at radius 1 is 0.935 bits per heavy atom. The maximum absolute atomic E-state index is 10.3. The molecule has 7 nitrogen and oxygen atoms in total. The second-order valence-electron chi connectivity index (χ2n) is 7.18. The first-order valence-electron chi connectivity index (χ1n) is 10.2. The van der Waals surface area contributed by atoms with Crippen LogP contribution in [0.2, 0.25) is 0 Å². The Bertz CT molecular complexity index is 1160. The molecule has 1 heterocycles. The van der Waals surface area contributed by atoms with E-state index in [1.165, 1.54) is 13.2 Å². The summed E-state index contributed by atoms with van der Waals surface area (Å²) in [6.45, 7) is 1.42. The van der Waals surface area contributed by atoms with E-state index in [2.05, 4.69) is 16.4 Å². The van der Waals surface area contributed by atoms with E-state index in [-0.39, 0.29) is 12.4 Å². The third-order valence-electron chi connectivity index (χ3n) is 5.00. The smallest absolute Gasteiger partial charge is 0.203 e. The van der Waals surface area contributed by atoms with E-state index in [0.29, 0.717) is 31.2 Å². The number of methoxy groups -OCH3 is 1. The summed E-state index contributed by atoms with van der Waals surface area (Å²) in [6.07, 6.45) is -0.671. The summed E-state index contributed by atoms with van der Waals surface area (Å²) in [5, 5.41) is 25.3.